The summed E-state index contributed by atoms with van der Waals surface area (Å²) in [5, 5.41) is 10.4. The van der Waals surface area contributed by atoms with Crippen molar-refractivity contribution in [1.82, 2.24) is 9.88 Å². The maximum absolute atomic E-state index is 9.63. The highest BCUT2D eigenvalue weighted by Crippen LogP contribution is 2.25. The Morgan fingerprint density at radius 2 is 2.30 bits per heavy atom. The van der Waals surface area contributed by atoms with Gasteiger partial charge >= 0.3 is 0 Å². The van der Waals surface area contributed by atoms with Crippen LogP contribution >= 0.6 is 23.2 Å². The van der Waals surface area contributed by atoms with E-state index in [-0.39, 0.29) is 18.8 Å². The second-order valence-electron chi connectivity index (χ2n) is 5.25. The Morgan fingerprint density at radius 1 is 1.55 bits per heavy atom. The molecule has 2 atom stereocenters. The molecule has 0 bridgehead atoms. The summed E-state index contributed by atoms with van der Waals surface area (Å²) in [6.45, 7) is 3.42. The van der Waals surface area contributed by atoms with Gasteiger partial charge in [0.1, 0.15) is 10.3 Å². The van der Waals surface area contributed by atoms with Crippen LogP contribution in [0.3, 0.4) is 0 Å². The third-order valence-corrected chi connectivity index (χ3v) is 4.33. The Hall–Kier alpha value is -0.390. The first kappa shape index (κ1) is 16.0. The lowest BCUT2D eigenvalue weighted by atomic mass is 10.1. The van der Waals surface area contributed by atoms with Gasteiger partial charge in [-0.3, -0.25) is 4.90 Å². The third kappa shape index (κ3) is 3.62. The van der Waals surface area contributed by atoms with Crippen LogP contribution in [0, 0.1) is 6.92 Å². The largest absolute Gasteiger partial charge is 0.395 e. The van der Waals surface area contributed by atoms with Gasteiger partial charge < -0.3 is 9.84 Å². The van der Waals surface area contributed by atoms with Crippen LogP contribution in [0.5, 0.6) is 0 Å². The van der Waals surface area contributed by atoms with Crippen LogP contribution in [0.15, 0.2) is 6.07 Å². The molecule has 0 radical (unpaired) electrons. The molecule has 1 fully saturated rings. The quantitative estimate of drug-likeness (QED) is 0.848. The van der Waals surface area contributed by atoms with Gasteiger partial charge in [0.05, 0.1) is 18.8 Å². The molecule has 1 saturated heterocycles. The minimum atomic E-state index is -0.0244. The first-order chi connectivity index (χ1) is 9.52. The Labute approximate surface area is 129 Å². The Morgan fingerprint density at radius 3 is 2.85 bits per heavy atom. The van der Waals surface area contributed by atoms with E-state index in [2.05, 4.69) is 9.88 Å². The topological polar surface area (TPSA) is 45.6 Å². The molecule has 0 aliphatic carbocycles. The molecule has 1 N–H and O–H groups in total. The summed E-state index contributed by atoms with van der Waals surface area (Å²) in [5.41, 5.74) is 1.95. The Kier molecular flexibility index (Phi) is 5.64. The van der Waals surface area contributed by atoms with Crippen LogP contribution in [-0.2, 0) is 11.3 Å². The number of ether oxygens (including phenoxy) is 1. The molecule has 20 heavy (non-hydrogen) atoms. The molecular formula is C14H20Cl2N2O2. The molecule has 0 aromatic carbocycles. The molecule has 0 saturated carbocycles. The molecule has 0 spiro atoms. The summed E-state index contributed by atoms with van der Waals surface area (Å²) < 4.78 is 5.67. The number of likely N-dealkylation sites (N-methyl/N-ethyl adjacent to an activating group) is 1. The minimum absolute atomic E-state index is 0.0244. The van der Waals surface area contributed by atoms with Crippen molar-refractivity contribution in [2.75, 3.05) is 20.3 Å². The standard InChI is InChI=1S/C14H20Cl2N2O2/c1-9-6-13(15)17-14(16)10(9)7-18(2)11(8-19)12-4-3-5-20-12/h6,11-12,19H,3-5,7-8H2,1-2H3. The van der Waals surface area contributed by atoms with Crippen molar-refractivity contribution in [2.24, 2.45) is 0 Å². The van der Waals surface area contributed by atoms with Crippen LogP contribution in [0.25, 0.3) is 0 Å². The van der Waals surface area contributed by atoms with Crippen LogP contribution < -0.4 is 0 Å². The fourth-order valence-electron chi connectivity index (χ4n) is 2.63. The number of aryl methyl sites for hydroxylation is 1. The highest BCUT2D eigenvalue weighted by molar-refractivity contribution is 6.33. The van der Waals surface area contributed by atoms with E-state index in [1.165, 1.54) is 0 Å². The van der Waals surface area contributed by atoms with E-state index < -0.39 is 0 Å². The summed E-state index contributed by atoms with van der Waals surface area (Å²) in [5.74, 6) is 0. The van der Waals surface area contributed by atoms with Gasteiger partial charge in [0, 0.05) is 18.7 Å². The summed E-state index contributed by atoms with van der Waals surface area (Å²) in [4.78, 5) is 6.15. The summed E-state index contributed by atoms with van der Waals surface area (Å²) >= 11 is 12.1. The van der Waals surface area contributed by atoms with Crippen molar-refractivity contribution >= 4 is 23.2 Å². The normalized spacial score (nSPS) is 20.6. The lowest BCUT2D eigenvalue weighted by Gasteiger charge is -2.31. The SMILES string of the molecule is Cc1cc(Cl)nc(Cl)c1CN(C)C(CO)C1CCCO1. The molecule has 2 rings (SSSR count). The molecule has 2 unspecified atom stereocenters. The smallest absolute Gasteiger partial charge is 0.135 e. The fourth-order valence-corrected chi connectivity index (χ4v) is 3.22. The van der Waals surface area contributed by atoms with Crippen molar-refractivity contribution in [3.8, 4) is 0 Å². The van der Waals surface area contributed by atoms with E-state index in [9.17, 15) is 5.11 Å². The average Bonchev–Trinajstić information content (AvgIpc) is 2.88. The highest BCUT2D eigenvalue weighted by atomic mass is 35.5. The average molecular weight is 319 g/mol. The van der Waals surface area contributed by atoms with Crippen LogP contribution in [0.4, 0.5) is 0 Å². The monoisotopic (exact) mass is 318 g/mol. The van der Waals surface area contributed by atoms with Gasteiger partial charge in [-0.25, -0.2) is 4.98 Å². The van der Waals surface area contributed by atoms with Crippen molar-refractivity contribution < 1.29 is 9.84 Å². The lowest BCUT2D eigenvalue weighted by Crippen LogP contribution is -2.43. The van der Waals surface area contributed by atoms with Gasteiger partial charge in [-0.05, 0) is 38.4 Å². The van der Waals surface area contributed by atoms with E-state index in [0.717, 1.165) is 30.6 Å². The lowest BCUT2D eigenvalue weighted by molar-refractivity contribution is 0.00507. The molecule has 0 amide bonds. The number of pyridine rings is 1. The summed E-state index contributed by atoms with van der Waals surface area (Å²) in [7, 11) is 1.97. The van der Waals surface area contributed by atoms with Crippen molar-refractivity contribution in [1.29, 1.82) is 0 Å². The summed E-state index contributed by atoms with van der Waals surface area (Å²) in [6, 6.07) is 1.78. The zero-order chi connectivity index (χ0) is 14.7. The van der Waals surface area contributed by atoms with E-state index >= 15 is 0 Å². The summed E-state index contributed by atoms with van der Waals surface area (Å²) in [6.07, 6.45) is 2.13. The molecule has 1 aromatic rings. The number of hydrogen-bond acceptors (Lipinski definition) is 4. The third-order valence-electron chi connectivity index (χ3n) is 3.82. The van der Waals surface area contributed by atoms with Gasteiger partial charge in [0.15, 0.2) is 0 Å². The number of nitrogens with zero attached hydrogens (tertiary/aromatic N) is 2. The number of aliphatic hydroxyl groups is 1. The second-order valence-corrected chi connectivity index (χ2v) is 5.99. The molecule has 1 aliphatic heterocycles. The van der Waals surface area contributed by atoms with Crippen molar-refractivity contribution in [2.45, 2.75) is 38.5 Å². The van der Waals surface area contributed by atoms with Crippen molar-refractivity contribution in [3.63, 3.8) is 0 Å². The first-order valence-corrected chi connectivity index (χ1v) is 7.52. The number of hydrogen-bond donors (Lipinski definition) is 1. The maximum Gasteiger partial charge on any atom is 0.135 e. The highest BCUT2D eigenvalue weighted by Gasteiger charge is 2.29. The molecule has 1 aliphatic rings. The zero-order valence-corrected chi connectivity index (χ0v) is 13.3. The zero-order valence-electron chi connectivity index (χ0n) is 11.8. The first-order valence-electron chi connectivity index (χ1n) is 6.77. The van der Waals surface area contributed by atoms with E-state index in [4.69, 9.17) is 27.9 Å². The van der Waals surface area contributed by atoms with Gasteiger partial charge in [-0.2, -0.15) is 0 Å². The van der Waals surface area contributed by atoms with E-state index in [1.807, 2.05) is 14.0 Å². The van der Waals surface area contributed by atoms with Gasteiger partial charge in [0.25, 0.3) is 0 Å². The predicted molar refractivity (Wildman–Crippen MR) is 80.3 cm³/mol. The molecule has 2 heterocycles. The fraction of sp³-hybridized carbons (Fsp3) is 0.643. The molecule has 6 heteroatoms. The second kappa shape index (κ2) is 7.05. The van der Waals surface area contributed by atoms with Gasteiger partial charge in [0.2, 0.25) is 0 Å². The predicted octanol–water partition coefficient (Wildman–Crippen LogP) is 2.67. The molecular weight excluding hydrogens is 299 g/mol. The Bertz CT molecular complexity index is 441. The molecule has 1 aromatic heterocycles. The van der Waals surface area contributed by atoms with Crippen LogP contribution in [0.1, 0.15) is 24.0 Å². The number of aliphatic hydroxyl groups excluding tert-OH is 1. The molecule has 112 valence electrons. The van der Waals surface area contributed by atoms with E-state index in [0.29, 0.717) is 16.9 Å². The minimum Gasteiger partial charge on any atom is -0.395 e. The van der Waals surface area contributed by atoms with Crippen LogP contribution in [0.2, 0.25) is 10.3 Å². The van der Waals surface area contributed by atoms with Crippen molar-refractivity contribution in [3.05, 3.63) is 27.5 Å². The van der Waals surface area contributed by atoms with E-state index in [1.54, 1.807) is 6.07 Å². The van der Waals surface area contributed by atoms with Gasteiger partial charge in [-0.1, -0.05) is 23.2 Å². The number of rotatable bonds is 5. The number of halogens is 2. The van der Waals surface area contributed by atoms with Gasteiger partial charge in [-0.15, -0.1) is 0 Å². The van der Waals surface area contributed by atoms with Crippen LogP contribution in [-0.4, -0.2) is 47.4 Å². The Balaban J connectivity index is 2.11. The number of aromatic nitrogens is 1. The maximum atomic E-state index is 9.63. The molecule has 4 nitrogen and oxygen atoms in total.